The van der Waals surface area contributed by atoms with E-state index < -0.39 is 0 Å². The first kappa shape index (κ1) is 15.7. The number of rotatable bonds is 6. The Morgan fingerprint density at radius 2 is 2.06 bits per heavy atom. The fourth-order valence-corrected chi connectivity index (χ4v) is 2.50. The van der Waals surface area contributed by atoms with Crippen LogP contribution in [0.4, 0.5) is 0 Å². The van der Waals surface area contributed by atoms with Gasteiger partial charge in [-0.15, -0.1) is 0 Å². The molecule has 0 saturated carbocycles. The van der Waals surface area contributed by atoms with E-state index in [2.05, 4.69) is 60.2 Å². The lowest BCUT2D eigenvalue weighted by atomic mass is 9.94. The molecule has 1 aromatic rings. The van der Waals surface area contributed by atoms with Gasteiger partial charge in [-0.2, -0.15) is 0 Å². The van der Waals surface area contributed by atoms with Crippen LogP contribution in [0.1, 0.15) is 43.9 Å². The SMILES string of the molecule is CNC(CCC(C)(C)OC)c1cc(C)ccc1Br. The summed E-state index contributed by atoms with van der Waals surface area (Å²) in [6, 6.07) is 6.84. The van der Waals surface area contributed by atoms with Crippen molar-refractivity contribution >= 4 is 15.9 Å². The molecule has 0 saturated heterocycles. The van der Waals surface area contributed by atoms with Gasteiger partial charge in [0.2, 0.25) is 0 Å². The predicted molar refractivity (Wildman–Crippen MR) is 81.0 cm³/mol. The number of methoxy groups -OCH3 is 1. The van der Waals surface area contributed by atoms with Gasteiger partial charge in [0, 0.05) is 17.6 Å². The maximum absolute atomic E-state index is 5.48. The lowest BCUT2D eigenvalue weighted by Crippen LogP contribution is -2.26. The van der Waals surface area contributed by atoms with Crippen molar-refractivity contribution in [2.75, 3.05) is 14.2 Å². The molecule has 1 atom stereocenters. The fourth-order valence-electron chi connectivity index (χ4n) is 1.98. The first-order chi connectivity index (χ1) is 8.39. The minimum absolute atomic E-state index is 0.0641. The molecule has 3 heteroatoms. The molecular weight excluding hydrogens is 290 g/mol. The Labute approximate surface area is 119 Å². The van der Waals surface area contributed by atoms with Crippen molar-refractivity contribution in [2.45, 2.75) is 45.3 Å². The van der Waals surface area contributed by atoms with Crippen molar-refractivity contribution in [2.24, 2.45) is 0 Å². The quantitative estimate of drug-likeness (QED) is 0.849. The predicted octanol–water partition coefficient (Wildman–Crippen LogP) is 4.22. The number of hydrogen-bond donors (Lipinski definition) is 1. The highest BCUT2D eigenvalue weighted by molar-refractivity contribution is 9.10. The molecule has 1 N–H and O–H groups in total. The van der Waals surface area contributed by atoms with Gasteiger partial charge in [-0.3, -0.25) is 0 Å². The number of halogens is 1. The molecule has 1 rings (SSSR count). The summed E-state index contributed by atoms with van der Waals surface area (Å²) >= 11 is 3.64. The number of hydrogen-bond acceptors (Lipinski definition) is 2. The van der Waals surface area contributed by atoms with Gasteiger partial charge in [-0.05, 0) is 52.3 Å². The van der Waals surface area contributed by atoms with Gasteiger partial charge < -0.3 is 10.1 Å². The summed E-state index contributed by atoms with van der Waals surface area (Å²) in [5, 5.41) is 3.40. The van der Waals surface area contributed by atoms with Crippen molar-refractivity contribution in [1.29, 1.82) is 0 Å². The second kappa shape index (κ2) is 6.69. The molecule has 0 spiro atoms. The number of benzene rings is 1. The van der Waals surface area contributed by atoms with Crippen molar-refractivity contribution in [3.8, 4) is 0 Å². The molecular formula is C15H24BrNO. The van der Waals surface area contributed by atoms with Crippen LogP contribution in [-0.4, -0.2) is 19.8 Å². The summed E-state index contributed by atoms with van der Waals surface area (Å²) in [5.74, 6) is 0. The van der Waals surface area contributed by atoms with Crippen molar-refractivity contribution in [3.63, 3.8) is 0 Å². The van der Waals surface area contributed by atoms with Crippen LogP contribution in [0, 0.1) is 6.92 Å². The van der Waals surface area contributed by atoms with Crippen LogP contribution in [0.2, 0.25) is 0 Å². The van der Waals surface area contributed by atoms with Gasteiger partial charge in [-0.25, -0.2) is 0 Å². The van der Waals surface area contributed by atoms with E-state index in [4.69, 9.17) is 4.74 Å². The maximum atomic E-state index is 5.48. The third-order valence-corrected chi connectivity index (χ3v) is 4.19. The zero-order valence-electron chi connectivity index (χ0n) is 12.0. The van der Waals surface area contributed by atoms with Crippen LogP contribution in [-0.2, 0) is 4.74 Å². The molecule has 0 amide bonds. The molecule has 0 aliphatic rings. The van der Waals surface area contributed by atoms with Crippen LogP contribution in [0.5, 0.6) is 0 Å². The molecule has 0 aliphatic carbocycles. The Hall–Kier alpha value is -0.380. The van der Waals surface area contributed by atoms with E-state index in [0.717, 1.165) is 12.8 Å². The fraction of sp³-hybridized carbons (Fsp3) is 0.600. The highest BCUT2D eigenvalue weighted by atomic mass is 79.9. The zero-order chi connectivity index (χ0) is 13.8. The maximum Gasteiger partial charge on any atom is 0.0623 e. The Morgan fingerprint density at radius 3 is 2.61 bits per heavy atom. The lowest BCUT2D eigenvalue weighted by molar-refractivity contribution is 0.0118. The summed E-state index contributed by atoms with van der Waals surface area (Å²) < 4.78 is 6.65. The third kappa shape index (κ3) is 4.38. The minimum atomic E-state index is -0.0641. The molecule has 0 heterocycles. The summed E-state index contributed by atoms with van der Waals surface area (Å²) in [4.78, 5) is 0. The minimum Gasteiger partial charge on any atom is -0.379 e. The normalized spacial score (nSPS) is 13.7. The van der Waals surface area contributed by atoms with Crippen LogP contribution in [0.3, 0.4) is 0 Å². The summed E-state index contributed by atoms with van der Waals surface area (Å²) in [7, 11) is 3.79. The molecule has 18 heavy (non-hydrogen) atoms. The van der Waals surface area contributed by atoms with E-state index in [1.807, 2.05) is 7.05 Å². The first-order valence-corrected chi connectivity index (χ1v) is 7.17. The molecule has 2 nitrogen and oxygen atoms in total. The van der Waals surface area contributed by atoms with Crippen molar-refractivity contribution in [3.05, 3.63) is 33.8 Å². The monoisotopic (exact) mass is 313 g/mol. The van der Waals surface area contributed by atoms with E-state index in [1.54, 1.807) is 7.11 Å². The Morgan fingerprint density at radius 1 is 1.39 bits per heavy atom. The van der Waals surface area contributed by atoms with Crippen LogP contribution in [0.25, 0.3) is 0 Å². The molecule has 0 aromatic heterocycles. The molecule has 0 fully saturated rings. The summed E-state index contributed by atoms with van der Waals surface area (Å²) in [5.41, 5.74) is 2.55. The van der Waals surface area contributed by atoms with Crippen LogP contribution >= 0.6 is 15.9 Å². The lowest BCUT2D eigenvalue weighted by Gasteiger charge is -2.26. The largest absolute Gasteiger partial charge is 0.379 e. The van der Waals surface area contributed by atoms with E-state index in [1.165, 1.54) is 15.6 Å². The van der Waals surface area contributed by atoms with Gasteiger partial charge in [0.15, 0.2) is 0 Å². The van der Waals surface area contributed by atoms with E-state index >= 15 is 0 Å². The van der Waals surface area contributed by atoms with Gasteiger partial charge >= 0.3 is 0 Å². The second-order valence-corrected chi connectivity index (χ2v) is 6.22. The molecule has 102 valence electrons. The summed E-state index contributed by atoms with van der Waals surface area (Å²) in [6.45, 7) is 6.39. The van der Waals surface area contributed by atoms with Crippen LogP contribution < -0.4 is 5.32 Å². The van der Waals surface area contributed by atoms with Gasteiger partial charge in [0.05, 0.1) is 5.60 Å². The van der Waals surface area contributed by atoms with E-state index in [-0.39, 0.29) is 5.60 Å². The number of ether oxygens (including phenoxy) is 1. The van der Waals surface area contributed by atoms with Crippen molar-refractivity contribution in [1.82, 2.24) is 5.32 Å². The molecule has 1 aromatic carbocycles. The van der Waals surface area contributed by atoms with Crippen LogP contribution in [0.15, 0.2) is 22.7 Å². The standard InChI is InChI=1S/C15H24BrNO/c1-11-6-7-13(16)12(10-11)14(17-4)8-9-15(2,3)18-5/h6-7,10,14,17H,8-9H2,1-5H3. The van der Waals surface area contributed by atoms with Gasteiger partial charge in [-0.1, -0.05) is 33.6 Å². The molecule has 0 radical (unpaired) electrons. The Bertz CT molecular complexity index is 390. The van der Waals surface area contributed by atoms with E-state index in [9.17, 15) is 0 Å². The average Bonchev–Trinajstić information content (AvgIpc) is 2.34. The first-order valence-electron chi connectivity index (χ1n) is 6.38. The Balaban J connectivity index is 2.80. The van der Waals surface area contributed by atoms with Gasteiger partial charge in [0.25, 0.3) is 0 Å². The average molecular weight is 314 g/mol. The highest BCUT2D eigenvalue weighted by Gasteiger charge is 2.20. The third-order valence-electron chi connectivity index (χ3n) is 3.46. The number of nitrogens with one attached hydrogen (secondary N) is 1. The highest BCUT2D eigenvalue weighted by Crippen LogP contribution is 2.29. The topological polar surface area (TPSA) is 21.3 Å². The zero-order valence-corrected chi connectivity index (χ0v) is 13.6. The van der Waals surface area contributed by atoms with Gasteiger partial charge in [0.1, 0.15) is 0 Å². The second-order valence-electron chi connectivity index (χ2n) is 5.37. The smallest absolute Gasteiger partial charge is 0.0623 e. The molecule has 0 aliphatic heterocycles. The molecule has 1 unspecified atom stereocenters. The summed E-state index contributed by atoms with van der Waals surface area (Å²) in [6.07, 6.45) is 2.08. The molecule has 0 bridgehead atoms. The number of aryl methyl sites for hydroxylation is 1. The Kier molecular flexibility index (Phi) is 5.83. The van der Waals surface area contributed by atoms with E-state index in [0.29, 0.717) is 6.04 Å². The van der Waals surface area contributed by atoms with Crippen molar-refractivity contribution < 1.29 is 4.74 Å².